The van der Waals surface area contributed by atoms with E-state index in [4.69, 9.17) is 17.0 Å². The molecule has 1 heterocycles. The van der Waals surface area contributed by atoms with Crippen LogP contribution in [0.1, 0.15) is 5.56 Å². The molecule has 1 aromatic heterocycles. The fourth-order valence-electron chi connectivity index (χ4n) is 1.31. The Hall–Kier alpha value is -1.94. The molecule has 0 saturated carbocycles. The summed E-state index contributed by atoms with van der Waals surface area (Å²) >= 11 is 5.08. The van der Waals surface area contributed by atoms with Gasteiger partial charge in [-0.25, -0.2) is 0 Å². The molecule has 1 N–H and O–H groups in total. The van der Waals surface area contributed by atoms with Gasteiger partial charge in [0.1, 0.15) is 6.61 Å². The number of aromatic nitrogens is 1. The van der Waals surface area contributed by atoms with Gasteiger partial charge in [0, 0.05) is 23.6 Å². The fourth-order valence-corrected chi connectivity index (χ4v) is 1.48. The van der Waals surface area contributed by atoms with Crippen LogP contribution in [-0.2, 0) is 11.3 Å². The Morgan fingerprint density at radius 1 is 1.18 bits per heavy atom. The van der Waals surface area contributed by atoms with Gasteiger partial charge in [0.25, 0.3) is 5.17 Å². The number of ether oxygens (including phenoxy) is 1. The van der Waals surface area contributed by atoms with Crippen molar-refractivity contribution in [3.05, 3.63) is 60.4 Å². The molecule has 1 aromatic carbocycles. The molecule has 0 radical (unpaired) electrons. The van der Waals surface area contributed by atoms with Crippen molar-refractivity contribution in [1.29, 1.82) is 0 Å². The number of hydrogen-bond acceptors (Lipinski definition) is 3. The minimum Gasteiger partial charge on any atom is -0.466 e. The third-order valence-electron chi connectivity index (χ3n) is 2.11. The van der Waals surface area contributed by atoms with Crippen molar-refractivity contribution in [3.8, 4) is 0 Å². The summed E-state index contributed by atoms with van der Waals surface area (Å²) in [6.07, 6.45) is 3.48. The summed E-state index contributed by atoms with van der Waals surface area (Å²) in [6.45, 7) is 0.423. The first-order valence-electron chi connectivity index (χ1n) is 5.22. The molecule has 0 atom stereocenters. The lowest BCUT2D eigenvalue weighted by molar-refractivity contribution is 0.299. The van der Waals surface area contributed by atoms with Crippen LogP contribution in [-0.4, -0.2) is 10.2 Å². The highest BCUT2D eigenvalue weighted by molar-refractivity contribution is 7.80. The fraction of sp³-hybridized carbons (Fsp3) is 0.0769. The van der Waals surface area contributed by atoms with Crippen LogP contribution in [0, 0.1) is 0 Å². The second-order valence-electron chi connectivity index (χ2n) is 3.43. The van der Waals surface area contributed by atoms with Gasteiger partial charge in [-0.05, 0) is 30.4 Å². The Kier molecular flexibility index (Phi) is 4.05. The topological polar surface area (TPSA) is 34.1 Å². The molecular weight excluding hydrogens is 232 g/mol. The van der Waals surface area contributed by atoms with E-state index in [1.807, 2.05) is 42.5 Å². The molecular formula is C13H12N2OS. The minimum absolute atomic E-state index is 0.361. The van der Waals surface area contributed by atoms with Gasteiger partial charge in [-0.15, -0.1) is 0 Å². The maximum Gasteiger partial charge on any atom is 0.261 e. The molecule has 0 bridgehead atoms. The third-order valence-corrected chi connectivity index (χ3v) is 2.33. The summed E-state index contributed by atoms with van der Waals surface area (Å²) < 4.78 is 5.41. The zero-order valence-electron chi connectivity index (χ0n) is 9.17. The second kappa shape index (κ2) is 5.96. The molecule has 0 unspecified atom stereocenters. The van der Waals surface area contributed by atoms with E-state index in [0.717, 1.165) is 11.3 Å². The molecule has 2 aromatic rings. The Morgan fingerprint density at radius 2 is 2.00 bits per heavy atom. The van der Waals surface area contributed by atoms with E-state index in [0.29, 0.717) is 11.8 Å². The maximum atomic E-state index is 5.41. The molecule has 0 fully saturated rings. The van der Waals surface area contributed by atoms with Crippen LogP contribution in [0.25, 0.3) is 0 Å². The van der Waals surface area contributed by atoms with Crippen LogP contribution >= 0.6 is 12.2 Å². The molecule has 3 nitrogen and oxygen atoms in total. The van der Waals surface area contributed by atoms with Crippen molar-refractivity contribution in [1.82, 2.24) is 4.98 Å². The molecule has 0 aliphatic heterocycles. The Bertz CT molecular complexity index is 473. The van der Waals surface area contributed by atoms with Gasteiger partial charge in [-0.2, -0.15) is 0 Å². The van der Waals surface area contributed by atoms with Crippen LogP contribution in [0.4, 0.5) is 5.69 Å². The van der Waals surface area contributed by atoms with Crippen LogP contribution in [0.3, 0.4) is 0 Å². The molecule has 17 heavy (non-hydrogen) atoms. The SMILES string of the molecule is S=C(Nc1ccccc1)OCc1cccnc1. The van der Waals surface area contributed by atoms with Gasteiger partial charge < -0.3 is 10.1 Å². The predicted octanol–water partition coefficient (Wildman–Crippen LogP) is 3.00. The van der Waals surface area contributed by atoms with Crippen molar-refractivity contribution < 1.29 is 4.74 Å². The quantitative estimate of drug-likeness (QED) is 0.842. The second-order valence-corrected chi connectivity index (χ2v) is 3.80. The highest BCUT2D eigenvalue weighted by Gasteiger charge is 1.99. The molecule has 4 heteroatoms. The lowest BCUT2D eigenvalue weighted by Gasteiger charge is -2.09. The van der Waals surface area contributed by atoms with E-state index in [1.165, 1.54) is 0 Å². The maximum absolute atomic E-state index is 5.41. The number of anilines is 1. The number of nitrogens with one attached hydrogen (secondary N) is 1. The van der Waals surface area contributed by atoms with Gasteiger partial charge in [-0.3, -0.25) is 4.98 Å². The predicted molar refractivity (Wildman–Crippen MR) is 71.7 cm³/mol. The first-order chi connectivity index (χ1) is 8.34. The van der Waals surface area contributed by atoms with E-state index in [1.54, 1.807) is 12.4 Å². The lowest BCUT2D eigenvalue weighted by Crippen LogP contribution is -2.13. The van der Waals surface area contributed by atoms with E-state index in [9.17, 15) is 0 Å². The Balaban J connectivity index is 1.83. The normalized spacial score (nSPS) is 9.65. The molecule has 0 spiro atoms. The van der Waals surface area contributed by atoms with Gasteiger partial charge in [-0.1, -0.05) is 24.3 Å². The van der Waals surface area contributed by atoms with E-state index in [-0.39, 0.29) is 0 Å². The van der Waals surface area contributed by atoms with Crippen molar-refractivity contribution >= 4 is 23.1 Å². The Morgan fingerprint density at radius 3 is 2.71 bits per heavy atom. The average Bonchev–Trinajstić information content (AvgIpc) is 2.39. The molecule has 0 amide bonds. The first-order valence-corrected chi connectivity index (χ1v) is 5.63. The highest BCUT2D eigenvalue weighted by Crippen LogP contribution is 2.06. The summed E-state index contributed by atoms with van der Waals surface area (Å²) in [5.74, 6) is 0. The molecule has 2 rings (SSSR count). The zero-order valence-corrected chi connectivity index (χ0v) is 9.98. The van der Waals surface area contributed by atoms with E-state index >= 15 is 0 Å². The van der Waals surface area contributed by atoms with Gasteiger partial charge in [0.2, 0.25) is 0 Å². The number of hydrogen-bond donors (Lipinski definition) is 1. The number of pyridine rings is 1. The summed E-state index contributed by atoms with van der Waals surface area (Å²) in [4.78, 5) is 4.00. The monoisotopic (exact) mass is 244 g/mol. The van der Waals surface area contributed by atoms with Crippen LogP contribution in [0.2, 0.25) is 0 Å². The number of benzene rings is 1. The van der Waals surface area contributed by atoms with Crippen LogP contribution < -0.4 is 5.32 Å². The molecule has 86 valence electrons. The van der Waals surface area contributed by atoms with Crippen LogP contribution in [0.5, 0.6) is 0 Å². The standard InChI is InChI=1S/C13H12N2OS/c17-13(15-12-6-2-1-3-7-12)16-10-11-5-4-8-14-9-11/h1-9H,10H2,(H,15,17). The van der Waals surface area contributed by atoms with Gasteiger partial charge in [0.05, 0.1) is 0 Å². The number of thiocarbonyl (C=S) groups is 1. The summed E-state index contributed by atoms with van der Waals surface area (Å²) in [6, 6.07) is 13.5. The Labute approximate surface area is 105 Å². The number of rotatable bonds is 3. The van der Waals surface area contributed by atoms with E-state index in [2.05, 4.69) is 10.3 Å². The van der Waals surface area contributed by atoms with Crippen molar-refractivity contribution in [3.63, 3.8) is 0 Å². The van der Waals surface area contributed by atoms with Gasteiger partial charge in [0.15, 0.2) is 0 Å². The summed E-state index contributed by atoms with van der Waals surface area (Å²) in [7, 11) is 0. The lowest BCUT2D eigenvalue weighted by atomic mass is 10.3. The average molecular weight is 244 g/mol. The molecule has 0 saturated heterocycles. The summed E-state index contributed by atoms with van der Waals surface area (Å²) in [5, 5.41) is 3.36. The number of nitrogens with zero attached hydrogens (tertiary/aromatic N) is 1. The van der Waals surface area contributed by atoms with Crippen molar-refractivity contribution in [2.24, 2.45) is 0 Å². The van der Waals surface area contributed by atoms with Crippen molar-refractivity contribution in [2.45, 2.75) is 6.61 Å². The van der Waals surface area contributed by atoms with Gasteiger partial charge >= 0.3 is 0 Å². The molecule has 0 aliphatic carbocycles. The highest BCUT2D eigenvalue weighted by atomic mass is 32.1. The number of para-hydroxylation sites is 1. The first kappa shape index (κ1) is 11.5. The van der Waals surface area contributed by atoms with Crippen LogP contribution in [0.15, 0.2) is 54.9 Å². The largest absolute Gasteiger partial charge is 0.466 e. The smallest absolute Gasteiger partial charge is 0.261 e. The summed E-state index contributed by atoms with van der Waals surface area (Å²) in [5.41, 5.74) is 1.91. The zero-order chi connectivity index (χ0) is 11.9. The third kappa shape index (κ3) is 3.85. The molecule has 0 aliphatic rings. The van der Waals surface area contributed by atoms with Crippen molar-refractivity contribution in [2.75, 3.05) is 5.32 Å². The minimum atomic E-state index is 0.361. The van der Waals surface area contributed by atoms with E-state index < -0.39 is 0 Å².